The van der Waals surface area contributed by atoms with Crippen molar-refractivity contribution >= 4 is 36.1 Å². The van der Waals surface area contributed by atoms with Crippen LogP contribution in [0.3, 0.4) is 0 Å². The van der Waals surface area contributed by atoms with E-state index in [4.69, 9.17) is 18.9 Å². The highest BCUT2D eigenvalue weighted by Gasteiger charge is 2.42. The molecule has 11 heteroatoms. The molecule has 0 aromatic carbocycles. The summed E-state index contributed by atoms with van der Waals surface area (Å²) in [5.41, 5.74) is 0. The van der Waals surface area contributed by atoms with Gasteiger partial charge in [-0.15, -0.1) is 0 Å². The molecular formula is C16H23NO10. The van der Waals surface area contributed by atoms with Gasteiger partial charge in [0.25, 0.3) is 0 Å². The van der Waals surface area contributed by atoms with Crippen molar-refractivity contribution < 1.29 is 47.7 Å². The Kier molecular flexibility index (Phi) is 10.3. The van der Waals surface area contributed by atoms with Gasteiger partial charge >= 0.3 is 23.9 Å². The van der Waals surface area contributed by atoms with Gasteiger partial charge in [0.1, 0.15) is 18.9 Å². The van der Waals surface area contributed by atoms with Crippen LogP contribution in [0.25, 0.3) is 0 Å². The van der Waals surface area contributed by atoms with E-state index in [1.165, 1.54) is 0 Å². The van der Waals surface area contributed by atoms with Crippen LogP contribution < -0.4 is 5.32 Å². The highest BCUT2D eigenvalue weighted by atomic mass is 16.6. The Balaban J connectivity index is 6.00. The van der Waals surface area contributed by atoms with Gasteiger partial charge in [-0.25, -0.2) is 0 Å². The molecule has 0 fully saturated rings. The highest BCUT2D eigenvalue weighted by molar-refractivity contribution is 5.78. The first kappa shape index (κ1) is 24.0. The molecule has 0 heterocycles. The molecule has 11 nitrogen and oxygen atoms in total. The zero-order chi connectivity index (χ0) is 21.1. The second-order valence-corrected chi connectivity index (χ2v) is 5.46. The van der Waals surface area contributed by atoms with E-state index in [0.717, 1.165) is 34.6 Å². The lowest BCUT2D eigenvalue weighted by molar-refractivity contribution is -0.191. The minimum Gasteiger partial charge on any atom is -0.462 e. The molecule has 0 radical (unpaired) electrons. The maximum atomic E-state index is 11.5. The fourth-order valence-corrected chi connectivity index (χ4v) is 2.12. The number of nitrogens with one attached hydrogen (secondary N) is 1. The third-order valence-corrected chi connectivity index (χ3v) is 2.93. The Bertz CT molecular complexity index is 588. The van der Waals surface area contributed by atoms with Crippen molar-refractivity contribution in [2.75, 3.05) is 6.61 Å². The van der Waals surface area contributed by atoms with Crippen molar-refractivity contribution in [2.24, 2.45) is 0 Å². The minimum absolute atomic E-state index is 0.266. The van der Waals surface area contributed by atoms with Crippen LogP contribution in [0.15, 0.2) is 0 Å². The minimum atomic E-state index is -1.55. The lowest BCUT2D eigenvalue weighted by Crippen LogP contribution is -2.57. The number of hydrogen-bond acceptors (Lipinski definition) is 10. The third-order valence-electron chi connectivity index (χ3n) is 2.93. The highest BCUT2D eigenvalue weighted by Crippen LogP contribution is 2.17. The van der Waals surface area contributed by atoms with Crippen LogP contribution in [-0.2, 0) is 47.7 Å². The number of aldehydes is 1. The van der Waals surface area contributed by atoms with Gasteiger partial charge in [-0.05, 0) is 0 Å². The van der Waals surface area contributed by atoms with Gasteiger partial charge in [-0.3, -0.25) is 24.0 Å². The second kappa shape index (κ2) is 11.6. The van der Waals surface area contributed by atoms with Gasteiger partial charge in [-0.1, -0.05) is 0 Å². The van der Waals surface area contributed by atoms with Crippen molar-refractivity contribution in [2.45, 2.75) is 59.0 Å². The molecule has 1 N–H and O–H groups in total. The maximum absolute atomic E-state index is 11.5. The zero-order valence-corrected chi connectivity index (χ0v) is 15.7. The van der Waals surface area contributed by atoms with E-state index in [2.05, 4.69) is 5.32 Å². The second-order valence-electron chi connectivity index (χ2n) is 5.46. The quantitative estimate of drug-likeness (QED) is 0.281. The Morgan fingerprint density at radius 1 is 0.778 bits per heavy atom. The first-order valence-corrected chi connectivity index (χ1v) is 7.85. The summed E-state index contributed by atoms with van der Waals surface area (Å²) in [6.45, 7) is 4.78. The summed E-state index contributed by atoms with van der Waals surface area (Å²) in [4.78, 5) is 68.3. The first-order chi connectivity index (χ1) is 12.5. The Morgan fingerprint density at radius 2 is 1.26 bits per heavy atom. The predicted molar refractivity (Wildman–Crippen MR) is 87.0 cm³/mol. The normalized spacial score (nSPS) is 14.6. The molecule has 27 heavy (non-hydrogen) atoms. The van der Waals surface area contributed by atoms with Crippen LogP contribution in [0.1, 0.15) is 34.6 Å². The average molecular weight is 389 g/mol. The van der Waals surface area contributed by atoms with Crippen molar-refractivity contribution in [3.63, 3.8) is 0 Å². The van der Waals surface area contributed by atoms with Crippen LogP contribution in [0.2, 0.25) is 0 Å². The molecule has 0 aliphatic carbocycles. The number of rotatable bonds is 10. The number of carbonyl (C=O) groups is 6. The topological polar surface area (TPSA) is 151 Å². The largest absolute Gasteiger partial charge is 0.462 e. The molecule has 0 aliphatic rings. The predicted octanol–water partition coefficient (Wildman–Crippen LogP) is -0.952. The smallest absolute Gasteiger partial charge is 0.303 e. The van der Waals surface area contributed by atoms with E-state index in [0.29, 0.717) is 0 Å². The van der Waals surface area contributed by atoms with Crippen LogP contribution in [0.4, 0.5) is 0 Å². The van der Waals surface area contributed by atoms with E-state index >= 15 is 0 Å². The maximum Gasteiger partial charge on any atom is 0.303 e. The molecule has 152 valence electrons. The SMILES string of the molecule is CC(=O)N[C@@H](C=O)[C@H](OC(C)=O)[C@H](OC(C)=O)[C@@H](COC(C)=O)OC(C)=O. The molecule has 0 aromatic rings. The lowest BCUT2D eigenvalue weighted by atomic mass is 10.0. The molecule has 0 aromatic heterocycles. The number of amides is 1. The van der Waals surface area contributed by atoms with E-state index in [1.807, 2.05) is 0 Å². The Hall–Kier alpha value is -2.98. The molecule has 4 atom stereocenters. The first-order valence-electron chi connectivity index (χ1n) is 7.85. The van der Waals surface area contributed by atoms with Gasteiger partial charge in [0.15, 0.2) is 18.3 Å². The summed E-state index contributed by atoms with van der Waals surface area (Å²) in [6, 6.07) is -1.42. The van der Waals surface area contributed by atoms with Crippen molar-refractivity contribution in [3.8, 4) is 0 Å². The van der Waals surface area contributed by atoms with E-state index < -0.39 is 60.7 Å². The van der Waals surface area contributed by atoms with Crippen molar-refractivity contribution in [1.29, 1.82) is 0 Å². The summed E-state index contributed by atoms with van der Waals surface area (Å²) in [5.74, 6) is -3.87. The van der Waals surface area contributed by atoms with Gasteiger partial charge in [0.2, 0.25) is 5.91 Å². The molecule has 0 aliphatic heterocycles. The van der Waals surface area contributed by atoms with E-state index in [1.54, 1.807) is 0 Å². The molecule has 0 saturated carbocycles. The van der Waals surface area contributed by atoms with Crippen LogP contribution in [0.5, 0.6) is 0 Å². The standard InChI is InChI=1S/C16H23NO10/c1-8(19)17-13(6-18)15(26-11(4)22)16(27-12(5)23)14(25-10(3)21)7-24-9(2)20/h6,13-16H,7H2,1-5H3,(H,17,19)/t13-,14+,15-,16+/m0/s1. The van der Waals surface area contributed by atoms with Crippen LogP contribution >= 0.6 is 0 Å². The summed E-state index contributed by atoms with van der Waals surface area (Å²) in [6.07, 6.45) is -4.23. The Morgan fingerprint density at radius 3 is 1.63 bits per heavy atom. The summed E-state index contributed by atoms with van der Waals surface area (Å²) >= 11 is 0. The van der Waals surface area contributed by atoms with Gasteiger partial charge < -0.3 is 29.1 Å². The monoisotopic (exact) mass is 389 g/mol. The zero-order valence-electron chi connectivity index (χ0n) is 15.7. The third kappa shape index (κ3) is 9.92. The number of ether oxygens (including phenoxy) is 4. The number of esters is 4. The van der Waals surface area contributed by atoms with Crippen molar-refractivity contribution in [1.82, 2.24) is 5.32 Å². The Labute approximate surface area is 155 Å². The molecule has 0 bridgehead atoms. The fourth-order valence-electron chi connectivity index (χ4n) is 2.12. The van der Waals surface area contributed by atoms with Gasteiger partial charge in [-0.2, -0.15) is 0 Å². The number of carbonyl (C=O) groups excluding carboxylic acids is 6. The molecular weight excluding hydrogens is 366 g/mol. The molecule has 0 spiro atoms. The van der Waals surface area contributed by atoms with Crippen molar-refractivity contribution in [3.05, 3.63) is 0 Å². The average Bonchev–Trinajstić information content (AvgIpc) is 2.51. The molecule has 0 rings (SSSR count). The summed E-state index contributed by atoms with van der Waals surface area (Å²) in [5, 5.41) is 2.24. The molecule has 0 saturated heterocycles. The van der Waals surface area contributed by atoms with Gasteiger partial charge in [0.05, 0.1) is 0 Å². The fraction of sp³-hybridized carbons (Fsp3) is 0.625. The van der Waals surface area contributed by atoms with E-state index in [9.17, 15) is 28.8 Å². The summed E-state index contributed by atoms with van der Waals surface area (Å²) in [7, 11) is 0. The van der Waals surface area contributed by atoms with Crippen LogP contribution in [-0.4, -0.2) is 67.0 Å². The van der Waals surface area contributed by atoms with Gasteiger partial charge in [0, 0.05) is 34.6 Å². The molecule has 0 unspecified atom stereocenters. The summed E-state index contributed by atoms with van der Waals surface area (Å²) < 4.78 is 19.9. The molecule has 1 amide bonds. The number of hydrogen-bond donors (Lipinski definition) is 1. The lowest BCUT2D eigenvalue weighted by Gasteiger charge is -2.34. The van der Waals surface area contributed by atoms with Crippen LogP contribution in [0, 0.1) is 0 Å². The van der Waals surface area contributed by atoms with E-state index in [-0.39, 0.29) is 6.29 Å².